The first-order valence-corrected chi connectivity index (χ1v) is 8.10. The Bertz CT molecular complexity index is 1290. The molecule has 0 atom stereocenters. The summed E-state index contributed by atoms with van der Waals surface area (Å²) in [7, 11) is 0. The summed E-state index contributed by atoms with van der Waals surface area (Å²) in [4.78, 5) is 29.5. The summed E-state index contributed by atoms with van der Waals surface area (Å²) < 4.78 is 0. The smallest absolute Gasteiger partial charge is 0.274 e. The lowest BCUT2D eigenvalue weighted by Gasteiger charge is -2.06. The molecule has 7 nitrogen and oxygen atoms in total. The Balaban J connectivity index is 1.87. The minimum atomic E-state index is -0.532. The van der Waals surface area contributed by atoms with Crippen molar-refractivity contribution in [1.29, 1.82) is 0 Å². The Morgan fingerprint density at radius 3 is 2.70 bits per heavy atom. The second kappa shape index (κ2) is 6.38. The molecule has 1 aromatic heterocycles. The number of benzene rings is 3. The molecule has 0 radical (unpaired) electrons. The molecule has 0 aliphatic rings. The Morgan fingerprint density at radius 2 is 1.89 bits per heavy atom. The Kier molecular flexibility index (Phi) is 3.89. The largest absolute Gasteiger partial charge is 0.507 e. The van der Waals surface area contributed by atoms with E-state index in [0.717, 1.165) is 10.8 Å². The summed E-state index contributed by atoms with van der Waals surface area (Å²) >= 11 is 0. The standard InChI is InChI=1S/C20H13N3O4/c24-19(15-7-3-5-12-4-1-2-6-14(12)15)11-18-20(25)22-16-9-8-13(23(26)27)10-17(16)21-18/h1-11,24H,(H,22,25). The Morgan fingerprint density at radius 1 is 1.11 bits per heavy atom. The fraction of sp³-hybridized carbons (Fsp3) is 0. The van der Waals surface area contributed by atoms with Gasteiger partial charge in [-0.15, -0.1) is 0 Å². The van der Waals surface area contributed by atoms with Crippen molar-refractivity contribution in [1.82, 2.24) is 9.97 Å². The van der Waals surface area contributed by atoms with E-state index < -0.39 is 10.5 Å². The zero-order valence-corrected chi connectivity index (χ0v) is 13.9. The number of non-ortho nitro benzene ring substituents is 1. The van der Waals surface area contributed by atoms with Gasteiger partial charge < -0.3 is 10.1 Å². The molecule has 132 valence electrons. The lowest BCUT2D eigenvalue weighted by Crippen LogP contribution is -2.12. The molecule has 3 aromatic carbocycles. The summed E-state index contributed by atoms with van der Waals surface area (Å²) in [6.45, 7) is 0. The highest BCUT2D eigenvalue weighted by Crippen LogP contribution is 2.25. The Labute approximate surface area is 152 Å². The molecule has 1 heterocycles. The number of nitrogens with zero attached hydrogens (tertiary/aromatic N) is 2. The van der Waals surface area contributed by atoms with Crippen molar-refractivity contribution in [2.75, 3.05) is 0 Å². The van der Waals surface area contributed by atoms with E-state index in [0.29, 0.717) is 11.1 Å². The summed E-state index contributed by atoms with van der Waals surface area (Å²) in [6, 6.07) is 17.0. The first kappa shape index (κ1) is 16.5. The predicted molar refractivity (Wildman–Crippen MR) is 103 cm³/mol. The van der Waals surface area contributed by atoms with Crippen molar-refractivity contribution in [3.05, 3.63) is 92.4 Å². The van der Waals surface area contributed by atoms with Crippen LogP contribution in [0.5, 0.6) is 0 Å². The van der Waals surface area contributed by atoms with Crippen molar-refractivity contribution in [2.45, 2.75) is 0 Å². The first-order valence-electron chi connectivity index (χ1n) is 8.10. The van der Waals surface area contributed by atoms with E-state index in [1.165, 1.54) is 24.3 Å². The number of H-pyrrole nitrogens is 1. The highest BCUT2D eigenvalue weighted by Gasteiger charge is 2.11. The van der Waals surface area contributed by atoms with Crippen LogP contribution in [0, 0.1) is 10.1 Å². The van der Waals surface area contributed by atoms with Crippen molar-refractivity contribution < 1.29 is 10.0 Å². The van der Waals surface area contributed by atoms with Crippen LogP contribution in [-0.2, 0) is 0 Å². The SMILES string of the molecule is O=c1[nH]c2ccc([N+](=O)[O-])cc2nc1C=C(O)c1cccc2ccccc12. The van der Waals surface area contributed by atoms with Gasteiger partial charge in [-0.1, -0.05) is 42.5 Å². The maximum atomic E-state index is 12.3. The van der Waals surface area contributed by atoms with Gasteiger partial charge in [0.2, 0.25) is 0 Å². The van der Waals surface area contributed by atoms with Crippen LogP contribution in [0.4, 0.5) is 5.69 Å². The number of hydrogen-bond donors (Lipinski definition) is 2. The number of hydrogen-bond acceptors (Lipinski definition) is 5. The third kappa shape index (κ3) is 3.02. The van der Waals surface area contributed by atoms with Gasteiger partial charge in [-0.25, -0.2) is 4.98 Å². The maximum Gasteiger partial charge on any atom is 0.274 e. The molecule has 0 unspecified atom stereocenters. The quantitative estimate of drug-likeness (QED) is 0.326. The van der Waals surface area contributed by atoms with Crippen LogP contribution < -0.4 is 5.56 Å². The number of aromatic amines is 1. The minimum Gasteiger partial charge on any atom is -0.507 e. The first-order chi connectivity index (χ1) is 13.0. The summed E-state index contributed by atoms with van der Waals surface area (Å²) in [5, 5.41) is 23.3. The van der Waals surface area contributed by atoms with Gasteiger partial charge in [-0.05, 0) is 16.8 Å². The number of fused-ring (bicyclic) bond motifs is 2. The monoisotopic (exact) mass is 359 g/mol. The number of aliphatic hydroxyl groups excluding tert-OH is 1. The van der Waals surface area contributed by atoms with E-state index in [9.17, 15) is 20.0 Å². The fourth-order valence-electron chi connectivity index (χ4n) is 2.95. The zero-order valence-electron chi connectivity index (χ0n) is 13.9. The van der Waals surface area contributed by atoms with Crippen LogP contribution >= 0.6 is 0 Å². The van der Waals surface area contributed by atoms with Gasteiger partial charge in [-0.2, -0.15) is 0 Å². The van der Waals surface area contributed by atoms with Crippen LogP contribution in [0.3, 0.4) is 0 Å². The number of nitro groups is 1. The molecule has 4 aromatic rings. The van der Waals surface area contributed by atoms with Crippen LogP contribution in [0.2, 0.25) is 0 Å². The fourth-order valence-corrected chi connectivity index (χ4v) is 2.95. The van der Waals surface area contributed by atoms with Gasteiger partial charge in [0.15, 0.2) is 0 Å². The highest BCUT2D eigenvalue weighted by molar-refractivity contribution is 5.95. The number of nitrogens with one attached hydrogen (secondary N) is 1. The number of rotatable bonds is 3. The van der Waals surface area contributed by atoms with Crippen LogP contribution in [0.1, 0.15) is 11.3 Å². The second-order valence-corrected chi connectivity index (χ2v) is 5.97. The van der Waals surface area contributed by atoms with Crippen LogP contribution in [-0.4, -0.2) is 20.0 Å². The third-order valence-electron chi connectivity index (χ3n) is 4.25. The summed E-state index contributed by atoms with van der Waals surface area (Å²) in [5.74, 6) is -0.116. The molecule has 0 aliphatic heterocycles. The van der Waals surface area contributed by atoms with Gasteiger partial charge >= 0.3 is 0 Å². The van der Waals surface area contributed by atoms with Gasteiger partial charge in [0.05, 0.1) is 16.0 Å². The third-order valence-corrected chi connectivity index (χ3v) is 4.25. The maximum absolute atomic E-state index is 12.3. The second-order valence-electron chi connectivity index (χ2n) is 5.97. The average molecular weight is 359 g/mol. The minimum absolute atomic E-state index is 0.0339. The van der Waals surface area contributed by atoms with Crippen molar-refractivity contribution in [2.24, 2.45) is 0 Å². The molecule has 27 heavy (non-hydrogen) atoms. The van der Waals surface area contributed by atoms with E-state index in [1.807, 2.05) is 36.4 Å². The molecule has 4 rings (SSSR count). The van der Waals surface area contributed by atoms with Gasteiger partial charge in [0.1, 0.15) is 11.5 Å². The van der Waals surface area contributed by atoms with Crippen molar-refractivity contribution in [3.63, 3.8) is 0 Å². The molecule has 0 bridgehead atoms. The summed E-state index contributed by atoms with van der Waals surface area (Å²) in [6.07, 6.45) is 1.26. The Hall–Kier alpha value is -4.00. The average Bonchev–Trinajstić information content (AvgIpc) is 2.67. The van der Waals surface area contributed by atoms with E-state index in [1.54, 1.807) is 6.07 Å². The van der Waals surface area contributed by atoms with E-state index in [-0.39, 0.29) is 22.7 Å². The molecule has 0 fully saturated rings. The normalized spacial score (nSPS) is 11.8. The molecular formula is C20H13N3O4. The van der Waals surface area contributed by atoms with Crippen molar-refractivity contribution >= 4 is 39.3 Å². The molecular weight excluding hydrogens is 346 g/mol. The number of nitro benzene ring substituents is 1. The van der Waals surface area contributed by atoms with Crippen molar-refractivity contribution in [3.8, 4) is 0 Å². The van der Waals surface area contributed by atoms with E-state index in [4.69, 9.17) is 0 Å². The molecule has 0 amide bonds. The highest BCUT2D eigenvalue weighted by atomic mass is 16.6. The molecule has 7 heteroatoms. The number of aliphatic hydroxyl groups is 1. The molecule has 0 saturated carbocycles. The molecule has 0 saturated heterocycles. The molecule has 0 aliphatic carbocycles. The molecule has 2 N–H and O–H groups in total. The molecule has 0 spiro atoms. The van der Waals surface area contributed by atoms with E-state index in [2.05, 4.69) is 9.97 Å². The van der Waals surface area contributed by atoms with Crippen LogP contribution in [0.25, 0.3) is 33.6 Å². The van der Waals surface area contributed by atoms with Gasteiger partial charge in [0.25, 0.3) is 11.2 Å². The topological polar surface area (TPSA) is 109 Å². The predicted octanol–water partition coefficient (Wildman–Crippen LogP) is 4.04. The van der Waals surface area contributed by atoms with E-state index >= 15 is 0 Å². The van der Waals surface area contributed by atoms with Gasteiger partial charge in [0, 0.05) is 23.8 Å². The lowest BCUT2D eigenvalue weighted by atomic mass is 10.0. The van der Waals surface area contributed by atoms with Crippen LogP contribution in [0.15, 0.2) is 65.5 Å². The number of aromatic nitrogens is 2. The van der Waals surface area contributed by atoms with Gasteiger partial charge in [-0.3, -0.25) is 14.9 Å². The summed E-state index contributed by atoms with van der Waals surface area (Å²) in [5.41, 5.74) is 0.549. The lowest BCUT2D eigenvalue weighted by molar-refractivity contribution is -0.384. The zero-order chi connectivity index (χ0) is 19.0.